The van der Waals surface area contributed by atoms with Crippen LogP contribution in [-0.2, 0) is 0 Å². The van der Waals surface area contributed by atoms with Crippen LogP contribution < -0.4 is 15.2 Å². The zero-order valence-corrected chi connectivity index (χ0v) is 11.5. The van der Waals surface area contributed by atoms with E-state index in [1.54, 1.807) is 7.11 Å². The monoisotopic (exact) mass is 255 g/mol. The third kappa shape index (κ3) is 4.48. The summed E-state index contributed by atoms with van der Waals surface area (Å²) in [4.78, 5) is 0. The van der Waals surface area contributed by atoms with Gasteiger partial charge in [0.2, 0.25) is 0 Å². The lowest BCUT2D eigenvalue weighted by Crippen LogP contribution is -2.09. The van der Waals surface area contributed by atoms with Crippen molar-refractivity contribution in [2.75, 3.05) is 25.7 Å². The molecule has 0 saturated heterocycles. The molecule has 0 saturated carbocycles. The molecule has 0 fully saturated rings. The van der Waals surface area contributed by atoms with Crippen molar-refractivity contribution >= 4 is 11.8 Å². The highest BCUT2D eigenvalue weighted by atomic mass is 32.2. The van der Waals surface area contributed by atoms with Crippen molar-refractivity contribution in [3.05, 3.63) is 23.8 Å². The third-order valence-electron chi connectivity index (χ3n) is 2.46. The lowest BCUT2D eigenvalue weighted by atomic mass is 10.1. The Morgan fingerprint density at radius 2 is 2.18 bits per heavy atom. The van der Waals surface area contributed by atoms with E-state index in [0.29, 0.717) is 6.61 Å². The smallest absolute Gasteiger partial charge is 0.127 e. The van der Waals surface area contributed by atoms with E-state index in [0.717, 1.165) is 29.2 Å². The summed E-state index contributed by atoms with van der Waals surface area (Å²) in [5.74, 6) is 2.74. The molecule has 2 N–H and O–H groups in total. The second-order valence-corrected chi connectivity index (χ2v) is 4.87. The molecule has 0 aliphatic carbocycles. The Labute approximate surface area is 108 Å². The molecule has 0 heterocycles. The van der Waals surface area contributed by atoms with E-state index < -0.39 is 0 Å². The molecule has 0 spiro atoms. The molecule has 1 aromatic rings. The van der Waals surface area contributed by atoms with Crippen LogP contribution in [0.3, 0.4) is 0 Å². The number of methoxy groups -OCH3 is 1. The average Bonchev–Trinajstić information content (AvgIpc) is 2.34. The van der Waals surface area contributed by atoms with Crippen LogP contribution in [0, 0.1) is 0 Å². The van der Waals surface area contributed by atoms with Crippen molar-refractivity contribution in [3.8, 4) is 11.5 Å². The fourth-order valence-corrected chi connectivity index (χ4v) is 1.93. The Morgan fingerprint density at radius 1 is 1.41 bits per heavy atom. The van der Waals surface area contributed by atoms with Crippen LogP contribution in [0.4, 0.5) is 0 Å². The predicted molar refractivity (Wildman–Crippen MR) is 74.1 cm³/mol. The molecule has 3 nitrogen and oxygen atoms in total. The Morgan fingerprint density at radius 3 is 2.76 bits per heavy atom. The Bertz CT molecular complexity index is 342. The number of rotatable bonds is 7. The van der Waals surface area contributed by atoms with Gasteiger partial charge in [-0.05, 0) is 31.4 Å². The SMILES string of the molecule is COc1ccc([C@@H](C)N)c(OCCCSC)c1. The van der Waals surface area contributed by atoms with Crippen molar-refractivity contribution in [3.63, 3.8) is 0 Å². The largest absolute Gasteiger partial charge is 0.497 e. The summed E-state index contributed by atoms with van der Waals surface area (Å²) >= 11 is 1.83. The van der Waals surface area contributed by atoms with Gasteiger partial charge in [0.05, 0.1) is 13.7 Å². The maximum atomic E-state index is 5.91. The highest BCUT2D eigenvalue weighted by Crippen LogP contribution is 2.28. The number of hydrogen-bond acceptors (Lipinski definition) is 4. The quantitative estimate of drug-likeness (QED) is 0.761. The Kier molecular flexibility index (Phi) is 6.22. The first-order chi connectivity index (χ1) is 8.19. The molecule has 96 valence electrons. The molecule has 0 amide bonds. The minimum atomic E-state index is -0.0311. The Hall–Kier alpha value is -0.870. The van der Waals surface area contributed by atoms with Crippen molar-refractivity contribution < 1.29 is 9.47 Å². The van der Waals surface area contributed by atoms with E-state index in [9.17, 15) is 0 Å². The molecule has 0 aromatic heterocycles. The molecular formula is C13H21NO2S. The first-order valence-electron chi connectivity index (χ1n) is 5.74. The molecule has 0 radical (unpaired) electrons. The first kappa shape index (κ1) is 14.2. The van der Waals surface area contributed by atoms with Crippen LogP contribution in [0.5, 0.6) is 11.5 Å². The average molecular weight is 255 g/mol. The first-order valence-corrected chi connectivity index (χ1v) is 7.13. The molecule has 1 rings (SSSR count). The molecular weight excluding hydrogens is 234 g/mol. The Balaban J connectivity index is 2.71. The van der Waals surface area contributed by atoms with Gasteiger partial charge in [-0.25, -0.2) is 0 Å². The van der Waals surface area contributed by atoms with E-state index in [-0.39, 0.29) is 6.04 Å². The van der Waals surface area contributed by atoms with E-state index in [1.165, 1.54) is 0 Å². The van der Waals surface area contributed by atoms with Gasteiger partial charge >= 0.3 is 0 Å². The summed E-state index contributed by atoms with van der Waals surface area (Å²) in [5, 5.41) is 0. The molecule has 17 heavy (non-hydrogen) atoms. The number of ether oxygens (including phenoxy) is 2. The minimum Gasteiger partial charge on any atom is -0.497 e. The summed E-state index contributed by atoms with van der Waals surface area (Å²) in [6.45, 7) is 2.67. The fourth-order valence-electron chi connectivity index (χ4n) is 1.53. The van der Waals surface area contributed by atoms with Crippen LogP contribution >= 0.6 is 11.8 Å². The van der Waals surface area contributed by atoms with Gasteiger partial charge in [0.1, 0.15) is 11.5 Å². The predicted octanol–water partition coefficient (Wildman–Crippen LogP) is 2.85. The summed E-state index contributed by atoms with van der Waals surface area (Å²) in [6, 6.07) is 5.75. The molecule has 1 atom stereocenters. The van der Waals surface area contributed by atoms with E-state index in [2.05, 4.69) is 6.26 Å². The van der Waals surface area contributed by atoms with Crippen LogP contribution in [0.2, 0.25) is 0 Å². The van der Waals surface area contributed by atoms with E-state index in [1.807, 2.05) is 36.9 Å². The van der Waals surface area contributed by atoms with Gasteiger partial charge in [-0.1, -0.05) is 6.07 Å². The van der Waals surface area contributed by atoms with Gasteiger partial charge in [0.15, 0.2) is 0 Å². The molecule has 4 heteroatoms. The second-order valence-electron chi connectivity index (χ2n) is 3.89. The highest BCUT2D eigenvalue weighted by molar-refractivity contribution is 7.98. The topological polar surface area (TPSA) is 44.5 Å². The van der Waals surface area contributed by atoms with Gasteiger partial charge in [-0.15, -0.1) is 0 Å². The zero-order valence-electron chi connectivity index (χ0n) is 10.7. The summed E-state index contributed by atoms with van der Waals surface area (Å²) in [6.07, 6.45) is 3.13. The molecule has 0 aliphatic rings. The molecule has 0 bridgehead atoms. The van der Waals surface area contributed by atoms with Crippen LogP contribution in [-0.4, -0.2) is 25.7 Å². The highest BCUT2D eigenvalue weighted by Gasteiger charge is 2.09. The maximum absolute atomic E-state index is 5.91. The summed E-state index contributed by atoms with van der Waals surface area (Å²) in [5.41, 5.74) is 6.93. The fraction of sp³-hybridized carbons (Fsp3) is 0.538. The van der Waals surface area contributed by atoms with Gasteiger partial charge in [0.25, 0.3) is 0 Å². The van der Waals surface area contributed by atoms with Crippen molar-refractivity contribution in [2.24, 2.45) is 5.73 Å². The van der Waals surface area contributed by atoms with E-state index in [4.69, 9.17) is 15.2 Å². The summed E-state index contributed by atoms with van der Waals surface area (Å²) < 4.78 is 11.0. The van der Waals surface area contributed by atoms with Crippen molar-refractivity contribution in [2.45, 2.75) is 19.4 Å². The van der Waals surface area contributed by atoms with Crippen molar-refractivity contribution in [1.29, 1.82) is 0 Å². The second kappa shape index (κ2) is 7.45. The molecule has 0 aliphatic heterocycles. The van der Waals surface area contributed by atoms with E-state index >= 15 is 0 Å². The zero-order chi connectivity index (χ0) is 12.7. The third-order valence-corrected chi connectivity index (χ3v) is 3.16. The molecule has 0 unspecified atom stereocenters. The van der Waals surface area contributed by atoms with Gasteiger partial charge in [0, 0.05) is 17.7 Å². The van der Waals surface area contributed by atoms with Crippen molar-refractivity contribution in [1.82, 2.24) is 0 Å². The number of hydrogen-bond donors (Lipinski definition) is 1. The lowest BCUT2D eigenvalue weighted by molar-refractivity contribution is 0.311. The normalized spacial score (nSPS) is 12.2. The maximum Gasteiger partial charge on any atom is 0.127 e. The van der Waals surface area contributed by atoms with Gasteiger partial charge < -0.3 is 15.2 Å². The van der Waals surface area contributed by atoms with Crippen LogP contribution in [0.1, 0.15) is 24.9 Å². The number of nitrogens with two attached hydrogens (primary N) is 1. The standard InChI is InChI=1S/C13H21NO2S/c1-10(14)12-6-5-11(15-2)9-13(12)16-7-4-8-17-3/h5-6,9-10H,4,7-8,14H2,1-3H3/t10-/m1/s1. The summed E-state index contributed by atoms with van der Waals surface area (Å²) in [7, 11) is 1.65. The number of benzene rings is 1. The number of thioether (sulfide) groups is 1. The van der Waals surface area contributed by atoms with Gasteiger partial charge in [-0.2, -0.15) is 11.8 Å². The van der Waals surface area contributed by atoms with Gasteiger partial charge in [-0.3, -0.25) is 0 Å². The minimum absolute atomic E-state index is 0.0311. The van der Waals surface area contributed by atoms with Crippen LogP contribution in [0.15, 0.2) is 18.2 Å². The molecule has 1 aromatic carbocycles. The van der Waals surface area contributed by atoms with Crippen LogP contribution in [0.25, 0.3) is 0 Å². The lowest BCUT2D eigenvalue weighted by Gasteiger charge is -2.15.